The molecule has 2 aliphatic heterocycles. The molecule has 2 N–H and O–H groups in total. The van der Waals surface area contributed by atoms with E-state index < -0.39 is 11.5 Å². The van der Waals surface area contributed by atoms with Crippen LogP contribution in [-0.4, -0.2) is 54.6 Å². The van der Waals surface area contributed by atoms with Crippen molar-refractivity contribution in [3.63, 3.8) is 0 Å². The fourth-order valence-electron chi connectivity index (χ4n) is 4.62. The average Bonchev–Trinajstić information content (AvgIpc) is 3.46. The number of nitrogens with one attached hydrogen (secondary N) is 1. The lowest BCUT2D eigenvalue weighted by Gasteiger charge is -2.33. The van der Waals surface area contributed by atoms with Crippen LogP contribution in [0, 0.1) is 6.92 Å². The average molecular weight is 434 g/mol. The molecular weight excluding hydrogens is 412 g/mol. The smallest absolute Gasteiger partial charge is 0.290 e. The summed E-state index contributed by atoms with van der Waals surface area (Å²) in [6.07, 6.45) is 7.22. The summed E-state index contributed by atoms with van der Waals surface area (Å²) >= 11 is 0. The zero-order valence-corrected chi connectivity index (χ0v) is 17.6. The summed E-state index contributed by atoms with van der Waals surface area (Å²) in [4.78, 5) is 45.1. The Kier molecular flexibility index (Phi) is 5.43. The van der Waals surface area contributed by atoms with Gasteiger partial charge in [-0.3, -0.25) is 19.1 Å². The van der Waals surface area contributed by atoms with E-state index >= 15 is 0 Å². The molecule has 1 aromatic carbocycles. The van der Waals surface area contributed by atoms with Crippen LogP contribution < -0.4 is 5.32 Å². The van der Waals surface area contributed by atoms with E-state index in [9.17, 15) is 9.59 Å². The van der Waals surface area contributed by atoms with Crippen LogP contribution in [0.25, 0.3) is 0 Å². The summed E-state index contributed by atoms with van der Waals surface area (Å²) in [6, 6.07) is 7.24. The topological polar surface area (TPSA) is 130 Å². The van der Waals surface area contributed by atoms with Crippen LogP contribution in [0.15, 0.2) is 49.1 Å². The van der Waals surface area contributed by atoms with Crippen LogP contribution in [0.3, 0.4) is 0 Å². The standard InChI is InChI=1S/C21H20N6O2.CH2O2/c1-13-22-9-14(10-23-13)19(28)27-8-7-21(18(27)15-11-24-26(2)12-15)16-5-3-4-6-17(16)25-20(21)29;2-1-3/h3-6,9-12,18H,7-8H2,1-2H3,(H,25,29);1H,(H,2,3)/t18-,21+;/m0./s1. The third-order valence-electron chi connectivity index (χ3n) is 5.92. The van der Waals surface area contributed by atoms with Gasteiger partial charge in [0.25, 0.3) is 12.4 Å². The van der Waals surface area contributed by atoms with Gasteiger partial charge in [0.2, 0.25) is 5.91 Å². The Bertz CT molecular complexity index is 1180. The molecule has 164 valence electrons. The minimum absolute atomic E-state index is 0.0805. The summed E-state index contributed by atoms with van der Waals surface area (Å²) in [5.41, 5.74) is 2.13. The van der Waals surface area contributed by atoms with Crippen molar-refractivity contribution in [1.82, 2.24) is 24.6 Å². The van der Waals surface area contributed by atoms with Gasteiger partial charge in [-0.15, -0.1) is 0 Å². The number of carbonyl (C=O) groups is 3. The predicted octanol–water partition coefficient (Wildman–Crippen LogP) is 1.70. The number of para-hydroxylation sites is 1. The number of carboxylic acid groups (broad SMARTS) is 1. The van der Waals surface area contributed by atoms with Crippen molar-refractivity contribution in [3.05, 3.63) is 71.6 Å². The molecular formula is C22H22N6O4. The van der Waals surface area contributed by atoms with Gasteiger partial charge in [0.15, 0.2) is 0 Å². The number of nitrogens with zero attached hydrogens (tertiary/aromatic N) is 5. The van der Waals surface area contributed by atoms with E-state index in [0.29, 0.717) is 24.4 Å². The molecule has 2 aromatic heterocycles. The number of aromatic nitrogens is 4. The van der Waals surface area contributed by atoms with E-state index in [1.807, 2.05) is 37.5 Å². The number of benzene rings is 1. The fourth-order valence-corrected chi connectivity index (χ4v) is 4.62. The number of amides is 2. The second kappa shape index (κ2) is 8.22. The van der Waals surface area contributed by atoms with Crippen LogP contribution >= 0.6 is 0 Å². The third kappa shape index (κ3) is 3.29. The fraction of sp³-hybridized carbons (Fsp3) is 0.273. The van der Waals surface area contributed by atoms with Gasteiger partial charge < -0.3 is 15.3 Å². The van der Waals surface area contributed by atoms with Gasteiger partial charge in [0.05, 0.1) is 17.8 Å². The molecule has 10 heteroatoms. The maximum atomic E-state index is 13.4. The number of hydrogen-bond acceptors (Lipinski definition) is 6. The second-order valence-corrected chi connectivity index (χ2v) is 7.69. The number of hydrogen-bond donors (Lipinski definition) is 2. The molecule has 4 heterocycles. The monoisotopic (exact) mass is 434 g/mol. The van der Waals surface area contributed by atoms with Gasteiger partial charge in [-0.1, -0.05) is 18.2 Å². The molecule has 0 radical (unpaired) electrons. The summed E-state index contributed by atoms with van der Waals surface area (Å²) in [5.74, 6) is 0.336. The largest absolute Gasteiger partial charge is 0.483 e. The van der Waals surface area contributed by atoms with E-state index in [1.54, 1.807) is 35.1 Å². The zero-order chi connectivity index (χ0) is 22.9. The maximum Gasteiger partial charge on any atom is 0.290 e. The van der Waals surface area contributed by atoms with E-state index in [0.717, 1.165) is 16.8 Å². The first-order valence-electron chi connectivity index (χ1n) is 9.99. The molecule has 2 atom stereocenters. The number of rotatable bonds is 2. The first-order chi connectivity index (χ1) is 15.4. The molecule has 2 amide bonds. The Morgan fingerprint density at radius 2 is 1.94 bits per heavy atom. The van der Waals surface area contributed by atoms with Crippen molar-refractivity contribution < 1.29 is 19.5 Å². The van der Waals surface area contributed by atoms with Crippen LogP contribution in [-0.2, 0) is 22.1 Å². The van der Waals surface area contributed by atoms with Crippen LogP contribution in [0.2, 0.25) is 0 Å². The molecule has 3 aromatic rings. The lowest BCUT2D eigenvalue weighted by molar-refractivity contribution is -0.123. The molecule has 1 saturated heterocycles. The summed E-state index contributed by atoms with van der Waals surface area (Å²) < 4.78 is 1.69. The number of fused-ring (bicyclic) bond motifs is 2. The Labute approximate surface area is 183 Å². The number of anilines is 1. The zero-order valence-electron chi connectivity index (χ0n) is 17.6. The van der Waals surface area contributed by atoms with Gasteiger partial charge in [-0.2, -0.15) is 5.10 Å². The van der Waals surface area contributed by atoms with Crippen molar-refractivity contribution in [2.24, 2.45) is 7.05 Å². The summed E-state index contributed by atoms with van der Waals surface area (Å²) in [5, 5.41) is 14.2. The normalized spacial score (nSPS) is 21.0. The molecule has 0 saturated carbocycles. The molecule has 10 nitrogen and oxygen atoms in total. The van der Waals surface area contributed by atoms with Crippen LogP contribution in [0.1, 0.15) is 39.8 Å². The predicted molar refractivity (Wildman–Crippen MR) is 114 cm³/mol. The van der Waals surface area contributed by atoms with Crippen molar-refractivity contribution in [1.29, 1.82) is 0 Å². The Morgan fingerprint density at radius 1 is 1.25 bits per heavy atom. The van der Waals surface area contributed by atoms with E-state index in [4.69, 9.17) is 9.90 Å². The summed E-state index contributed by atoms with van der Waals surface area (Å²) in [6.45, 7) is 1.98. The van der Waals surface area contributed by atoms with E-state index in [2.05, 4.69) is 20.4 Å². The first-order valence-corrected chi connectivity index (χ1v) is 9.99. The maximum absolute atomic E-state index is 13.4. The van der Waals surface area contributed by atoms with Crippen molar-refractivity contribution in [3.8, 4) is 0 Å². The molecule has 32 heavy (non-hydrogen) atoms. The second-order valence-electron chi connectivity index (χ2n) is 7.69. The molecule has 5 rings (SSSR count). The number of aryl methyl sites for hydroxylation is 2. The van der Waals surface area contributed by atoms with Gasteiger partial charge in [-0.25, -0.2) is 9.97 Å². The lowest BCUT2D eigenvalue weighted by Crippen LogP contribution is -2.42. The highest BCUT2D eigenvalue weighted by atomic mass is 16.3. The van der Waals surface area contributed by atoms with Crippen molar-refractivity contribution in [2.45, 2.75) is 24.8 Å². The molecule has 1 spiro atoms. The highest BCUT2D eigenvalue weighted by Gasteiger charge is 2.59. The van der Waals surface area contributed by atoms with Gasteiger partial charge in [-0.05, 0) is 25.0 Å². The van der Waals surface area contributed by atoms with Gasteiger partial charge >= 0.3 is 0 Å². The van der Waals surface area contributed by atoms with E-state index in [-0.39, 0.29) is 18.3 Å². The molecule has 2 aliphatic rings. The number of likely N-dealkylation sites (tertiary alicyclic amines) is 1. The van der Waals surface area contributed by atoms with Gasteiger partial charge in [0.1, 0.15) is 11.2 Å². The molecule has 1 fully saturated rings. The Hall–Kier alpha value is -4.08. The van der Waals surface area contributed by atoms with Crippen LogP contribution in [0.5, 0.6) is 0 Å². The SMILES string of the molecule is Cc1ncc(C(=O)N2CC[C@]3(C(=O)Nc4ccccc43)[C@@H]2c2cnn(C)c2)cn1.O=CO. The molecule has 0 unspecified atom stereocenters. The van der Waals surface area contributed by atoms with Crippen molar-refractivity contribution >= 4 is 24.0 Å². The minimum Gasteiger partial charge on any atom is -0.483 e. The highest BCUT2D eigenvalue weighted by molar-refractivity contribution is 6.08. The molecule has 0 bridgehead atoms. The molecule has 0 aliphatic carbocycles. The third-order valence-corrected chi connectivity index (χ3v) is 5.92. The van der Waals surface area contributed by atoms with Gasteiger partial charge in [0, 0.05) is 43.4 Å². The Balaban J connectivity index is 0.000000775. The lowest BCUT2D eigenvalue weighted by atomic mass is 9.73. The summed E-state index contributed by atoms with van der Waals surface area (Å²) in [7, 11) is 1.83. The van der Waals surface area contributed by atoms with Crippen molar-refractivity contribution in [2.75, 3.05) is 11.9 Å². The number of carbonyl (C=O) groups excluding carboxylic acids is 2. The minimum atomic E-state index is -0.846. The highest BCUT2D eigenvalue weighted by Crippen LogP contribution is 2.54. The quantitative estimate of drug-likeness (QED) is 0.587. The Morgan fingerprint density at radius 3 is 2.59 bits per heavy atom. The van der Waals surface area contributed by atoms with Crippen LogP contribution in [0.4, 0.5) is 5.69 Å². The first kappa shape index (κ1) is 21.2. The van der Waals surface area contributed by atoms with E-state index in [1.165, 1.54) is 0 Å².